The van der Waals surface area contributed by atoms with Gasteiger partial charge < -0.3 is 10.6 Å². The molecule has 2 aromatic rings. The van der Waals surface area contributed by atoms with Crippen molar-refractivity contribution in [1.29, 1.82) is 0 Å². The maximum absolute atomic E-state index is 14.0. The molecule has 1 aromatic heterocycles. The van der Waals surface area contributed by atoms with Crippen molar-refractivity contribution in [1.82, 2.24) is 10.6 Å². The molecule has 1 atom stereocenters. The molecule has 1 fully saturated rings. The topological polar surface area (TPSA) is 41.1 Å². The van der Waals surface area contributed by atoms with Crippen molar-refractivity contribution in [3.63, 3.8) is 0 Å². The molecule has 24 heavy (non-hydrogen) atoms. The molecule has 128 valence electrons. The monoisotopic (exact) mass is 366 g/mol. The fourth-order valence-corrected chi connectivity index (χ4v) is 4.18. The first kappa shape index (κ1) is 17.2. The summed E-state index contributed by atoms with van der Waals surface area (Å²) < 4.78 is 14.4. The van der Waals surface area contributed by atoms with Gasteiger partial charge in [0.05, 0.1) is 26.2 Å². The number of halogens is 2. The van der Waals surface area contributed by atoms with Gasteiger partial charge in [0.1, 0.15) is 0 Å². The van der Waals surface area contributed by atoms with Crippen molar-refractivity contribution < 1.29 is 9.18 Å². The van der Waals surface area contributed by atoms with Crippen LogP contribution in [0.3, 0.4) is 0 Å². The van der Waals surface area contributed by atoms with Crippen molar-refractivity contribution in [2.75, 3.05) is 0 Å². The lowest BCUT2D eigenvalue weighted by Gasteiger charge is -2.30. The largest absolute Gasteiger partial charge is 0.384 e. The lowest BCUT2D eigenvalue weighted by Crippen LogP contribution is -2.52. The Balaban J connectivity index is 0.000000815. The summed E-state index contributed by atoms with van der Waals surface area (Å²) in [5, 5.41) is 7.23. The number of rotatable bonds is 2. The van der Waals surface area contributed by atoms with Crippen LogP contribution in [0.25, 0.3) is 10.1 Å². The molecular formula is C18H20ClFN2OS. The predicted molar refractivity (Wildman–Crippen MR) is 98.3 cm³/mol. The quantitative estimate of drug-likeness (QED) is 0.797. The number of hydrogen-bond acceptors (Lipinski definition) is 3. The van der Waals surface area contributed by atoms with Crippen LogP contribution in [0.15, 0.2) is 30.5 Å². The van der Waals surface area contributed by atoms with E-state index in [1.165, 1.54) is 6.07 Å². The highest BCUT2D eigenvalue weighted by Gasteiger charge is 2.50. The summed E-state index contributed by atoms with van der Waals surface area (Å²) in [5.41, 5.74) is 0.0235. The van der Waals surface area contributed by atoms with E-state index in [1.54, 1.807) is 12.1 Å². The molecule has 1 aliphatic heterocycles. The Morgan fingerprint density at radius 3 is 2.88 bits per heavy atom. The van der Waals surface area contributed by atoms with Gasteiger partial charge in [-0.1, -0.05) is 37.6 Å². The first-order valence-electron chi connectivity index (χ1n) is 8.20. The number of thiophene rings is 1. The molecular weight excluding hydrogens is 347 g/mol. The molecule has 1 unspecified atom stereocenters. The summed E-state index contributed by atoms with van der Waals surface area (Å²) in [6, 6.07) is 5.06. The number of fused-ring (bicyclic) bond motifs is 1. The number of amides is 1. The first-order valence-corrected chi connectivity index (χ1v) is 9.40. The van der Waals surface area contributed by atoms with E-state index in [0.29, 0.717) is 15.0 Å². The van der Waals surface area contributed by atoms with Crippen LogP contribution in [0.2, 0.25) is 5.02 Å². The zero-order valence-electron chi connectivity index (χ0n) is 13.7. The van der Waals surface area contributed by atoms with Crippen molar-refractivity contribution in [3.8, 4) is 0 Å². The molecule has 6 heteroatoms. The third kappa shape index (κ3) is 3.03. The maximum Gasteiger partial charge on any atom is 0.261 e. The van der Waals surface area contributed by atoms with Crippen LogP contribution >= 0.6 is 22.9 Å². The highest BCUT2D eigenvalue weighted by atomic mass is 35.5. The van der Waals surface area contributed by atoms with Gasteiger partial charge in [0.25, 0.3) is 5.91 Å². The summed E-state index contributed by atoms with van der Waals surface area (Å²) >= 11 is 6.94. The van der Waals surface area contributed by atoms with Gasteiger partial charge in [0, 0.05) is 0 Å². The average Bonchev–Trinajstić information content (AvgIpc) is 3.22. The van der Waals surface area contributed by atoms with Gasteiger partial charge in [-0.15, -0.1) is 11.3 Å². The number of carbonyl (C=O) groups excluding carboxylic acids is 1. The maximum atomic E-state index is 14.0. The van der Waals surface area contributed by atoms with Crippen LogP contribution < -0.4 is 10.6 Å². The Hall–Kier alpha value is -1.59. The SMILES string of the molecule is CC.O=C(NC1CC=CNC12CC2)c1cc2ccc(Cl)c(F)c2s1. The second-order valence-corrected chi connectivity index (χ2v) is 7.31. The minimum atomic E-state index is -0.454. The predicted octanol–water partition coefficient (Wildman–Crippen LogP) is 4.86. The van der Waals surface area contributed by atoms with Crippen LogP contribution in [0, 0.1) is 5.82 Å². The average molecular weight is 367 g/mol. The Morgan fingerprint density at radius 2 is 2.17 bits per heavy atom. The Bertz CT molecular complexity index is 798. The van der Waals surface area contributed by atoms with Gasteiger partial charge in [-0.3, -0.25) is 4.79 Å². The van der Waals surface area contributed by atoms with Crippen LogP contribution in [-0.4, -0.2) is 17.5 Å². The van der Waals surface area contributed by atoms with E-state index >= 15 is 0 Å². The summed E-state index contributed by atoms with van der Waals surface area (Å²) in [7, 11) is 0. The highest BCUT2D eigenvalue weighted by molar-refractivity contribution is 7.20. The number of nitrogens with one attached hydrogen (secondary N) is 2. The first-order chi connectivity index (χ1) is 11.6. The van der Waals surface area contributed by atoms with E-state index in [4.69, 9.17) is 11.6 Å². The number of carbonyl (C=O) groups is 1. The smallest absolute Gasteiger partial charge is 0.261 e. The third-order valence-corrected chi connectivity index (χ3v) is 5.86. The molecule has 1 saturated carbocycles. The lowest BCUT2D eigenvalue weighted by atomic mass is 9.99. The van der Waals surface area contributed by atoms with Gasteiger partial charge in [0.15, 0.2) is 5.82 Å². The normalized spacial score (nSPS) is 20.2. The molecule has 3 nitrogen and oxygen atoms in total. The summed E-state index contributed by atoms with van der Waals surface area (Å²) in [5.74, 6) is -0.603. The van der Waals surface area contributed by atoms with Crippen LogP contribution in [0.4, 0.5) is 4.39 Å². The molecule has 0 radical (unpaired) electrons. The highest BCUT2D eigenvalue weighted by Crippen LogP contribution is 2.42. The molecule has 4 rings (SSSR count). The second-order valence-electron chi connectivity index (χ2n) is 5.85. The Kier molecular flexibility index (Phi) is 4.83. The summed E-state index contributed by atoms with van der Waals surface area (Å²) in [4.78, 5) is 13.0. The van der Waals surface area contributed by atoms with E-state index in [1.807, 2.05) is 26.1 Å². The van der Waals surface area contributed by atoms with E-state index in [-0.39, 0.29) is 22.5 Å². The standard InChI is InChI=1S/C16H14ClFN2OS.C2H6/c17-10-4-3-9-8-11(22-14(9)13(10)18)15(21)20-12-2-1-7-19-16(12)5-6-16;1-2/h1,3-4,7-8,12,19H,2,5-6H2,(H,20,21);1-2H3. The van der Waals surface area contributed by atoms with Crippen molar-refractivity contribution >= 4 is 38.9 Å². The van der Waals surface area contributed by atoms with E-state index in [9.17, 15) is 9.18 Å². The van der Waals surface area contributed by atoms with Crippen molar-refractivity contribution in [2.24, 2.45) is 0 Å². The van der Waals surface area contributed by atoms with Gasteiger partial charge in [-0.25, -0.2) is 4.39 Å². The van der Waals surface area contributed by atoms with Gasteiger partial charge >= 0.3 is 0 Å². The molecule has 2 aliphatic rings. The molecule has 1 spiro atoms. The van der Waals surface area contributed by atoms with Crippen LogP contribution in [-0.2, 0) is 0 Å². The lowest BCUT2D eigenvalue weighted by molar-refractivity contribution is 0.0928. The fourth-order valence-electron chi connectivity index (χ4n) is 2.97. The zero-order valence-corrected chi connectivity index (χ0v) is 15.2. The Morgan fingerprint density at radius 1 is 1.42 bits per heavy atom. The molecule has 1 amide bonds. The molecule has 2 N–H and O–H groups in total. The van der Waals surface area contributed by atoms with E-state index < -0.39 is 5.82 Å². The molecule has 2 heterocycles. The Labute approximate surface area is 149 Å². The van der Waals surface area contributed by atoms with Gasteiger partial charge in [-0.2, -0.15) is 0 Å². The third-order valence-electron chi connectivity index (χ3n) is 4.42. The minimum absolute atomic E-state index is 0.0235. The van der Waals surface area contributed by atoms with Crippen molar-refractivity contribution in [2.45, 2.75) is 44.7 Å². The minimum Gasteiger partial charge on any atom is -0.384 e. The number of benzene rings is 1. The van der Waals surface area contributed by atoms with Crippen molar-refractivity contribution in [3.05, 3.63) is 46.2 Å². The number of hydrogen-bond donors (Lipinski definition) is 2. The second kappa shape index (κ2) is 6.73. The molecule has 1 aliphatic carbocycles. The van der Waals surface area contributed by atoms with E-state index in [0.717, 1.165) is 30.6 Å². The van der Waals surface area contributed by atoms with Gasteiger partial charge in [0.2, 0.25) is 0 Å². The molecule has 0 bridgehead atoms. The fraction of sp³-hybridized carbons (Fsp3) is 0.389. The van der Waals surface area contributed by atoms with Crippen LogP contribution in [0.5, 0.6) is 0 Å². The summed E-state index contributed by atoms with van der Waals surface area (Å²) in [6.07, 6.45) is 6.95. The van der Waals surface area contributed by atoms with Gasteiger partial charge in [-0.05, 0) is 43.0 Å². The van der Waals surface area contributed by atoms with Crippen LogP contribution in [0.1, 0.15) is 42.8 Å². The van der Waals surface area contributed by atoms with E-state index in [2.05, 4.69) is 10.6 Å². The molecule has 1 aromatic carbocycles. The summed E-state index contributed by atoms with van der Waals surface area (Å²) in [6.45, 7) is 4.00. The zero-order chi connectivity index (χ0) is 17.3. The molecule has 0 saturated heterocycles.